The number of hydrogen-bond donors (Lipinski definition) is 0. The molecule has 6 aromatic rings. The van der Waals surface area contributed by atoms with Crippen molar-refractivity contribution in [1.82, 2.24) is 0 Å². The molecule has 0 unspecified atom stereocenters. The van der Waals surface area contributed by atoms with Crippen LogP contribution in [0.5, 0.6) is 0 Å². The van der Waals surface area contributed by atoms with Gasteiger partial charge in [0.25, 0.3) is 0 Å². The molecular weight excluding hydrogens is 735 g/mol. The van der Waals surface area contributed by atoms with Crippen molar-refractivity contribution in [2.24, 2.45) is 0 Å². The molecule has 0 aliphatic carbocycles. The number of benzene rings is 4. The SMILES string of the molecule is CCCc1cc2c(-c3ccccc3CCC)cccc2[cH-]1.CCCc1cc2c(-c3ccccc3CCC)cccc2[cH-]1.C[Si]C.[Hf]. The Morgan fingerprint density at radius 3 is 1.17 bits per heavy atom. The predicted molar refractivity (Wildman–Crippen MR) is 203 cm³/mol. The first-order valence-corrected chi connectivity index (χ1v) is 19.2. The molecule has 0 nitrogen and oxygen atoms in total. The Morgan fingerprint density at radius 1 is 0.457 bits per heavy atom. The first kappa shape index (κ1) is 37.6. The summed E-state index contributed by atoms with van der Waals surface area (Å²) in [6.07, 6.45) is 9.43. The third-order valence-corrected chi connectivity index (χ3v) is 8.35. The average molecular weight is 787 g/mol. The molecule has 0 spiro atoms. The van der Waals surface area contributed by atoms with Gasteiger partial charge in [-0.2, -0.15) is 12.1 Å². The maximum Gasteiger partial charge on any atom is 0.0307 e. The fourth-order valence-corrected chi connectivity index (χ4v) is 6.47. The Bertz CT molecular complexity index is 1620. The summed E-state index contributed by atoms with van der Waals surface area (Å²) >= 11 is 0. The Morgan fingerprint density at radius 2 is 0.804 bits per heavy atom. The molecule has 0 aliphatic heterocycles. The molecule has 238 valence electrons. The molecule has 0 amide bonds. The Labute approximate surface area is 301 Å². The molecule has 0 heterocycles. The fraction of sp³-hybridized carbons (Fsp3) is 0.318. The maximum absolute atomic E-state index is 2.39. The van der Waals surface area contributed by atoms with Crippen molar-refractivity contribution in [2.75, 3.05) is 0 Å². The van der Waals surface area contributed by atoms with Crippen LogP contribution >= 0.6 is 0 Å². The summed E-state index contributed by atoms with van der Waals surface area (Å²) in [6.45, 7) is 13.3. The van der Waals surface area contributed by atoms with Crippen molar-refractivity contribution in [1.29, 1.82) is 0 Å². The van der Waals surface area contributed by atoms with Gasteiger partial charge < -0.3 is 0 Å². The smallest absolute Gasteiger partial charge is 0.0307 e. The molecule has 0 bridgehead atoms. The van der Waals surface area contributed by atoms with Gasteiger partial charge in [-0.05, 0) is 47.9 Å². The van der Waals surface area contributed by atoms with Crippen LogP contribution in [0.4, 0.5) is 0 Å². The molecule has 2 heteroatoms. The molecule has 0 saturated heterocycles. The van der Waals surface area contributed by atoms with Crippen LogP contribution in [0.25, 0.3) is 43.8 Å². The van der Waals surface area contributed by atoms with Crippen LogP contribution in [0, 0.1) is 0 Å². The van der Waals surface area contributed by atoms with E-state index in [0.29, 0.717) is 0 Å². The zero-order valence-electron chi connectivity index (χ0n) is 29.0. The minimum absolute atomic E-state index is 0. The van der Waals surface area contributed by atoms with Crippen molar-refractivity contribution in [3.05, 3.63) is 131 Å². The largest absolute Gasteiger partial charge is 0.164 e. The summed E-state index contributed by atoms with van der Waals surface area (Å²) < 4.78 is 0. The quantitative estimate of drug-likeness (QED) is 0.0958. The molecule has 2 radical (unpaired) electrons. The van der Waals surface area contributed by atoms with Crippen LogP contribution in [0.2, 0.25) is 13.1 Å². The van der Waals surface area contributed by atoms with E-state index in [0.717, 1.165) is 22.4 Å². The first-order chi connectivity index (χ1) is 22.1. The minimum Gasteiger partial charge on any atom is -0.164 e. The molecule has 6 rings (SSSR count). The van der Waals surface area contributed by atoms with Crippen LogP contribution < -0.4 is 0 Å². The van der Waals surface area contributed by atoms with E-state index in [9.17, 15) is 0 Å². The van der Waals surface area contributed by atoms with Gasteiger partial charge in [0.1, 0.15) is 0 Å². The molecule has 0 aliphatic rings. The Kier molecular flexibility index (Phi) is 16.2. The van der Waals surface area contributed by atoms with Crippen molar-refractivity contribution in [3.8, 4) is 22.3 Å². The van der Waals surface area contributed by atoms with E-state index in [-0.39, 0.29) is 25.8 Å². The van der Waals surface area contributed by atoms with E-state index in [4.69, 9.17) is 0 Å². The van der Waals surface area contributed by atoms with E-state index >= 15 is 0 Å². The van der Waals surface area contributed by atoms with Crippen LogP contribution in [0.15, 0.2) is 109 Å². The molecule has 0 saturated carbocycles. The van der Waals surface area contributed by atoms with Gasteiger partial charge >= 0.3 is 0 Å². The summed E-state index contributed by atoms with van der Waals surface area (Å²) in [7, 11) is 1.08. The summed E-state index contributed by atoms with van der Waals surface area (Å²) in [5, 5.41) is 5.57. The summed E-state index contributed by atoms with van der Waals surface area (Å²) in [5.41, 5.74) is 11.4. The van der Waals surface area contributed by atoms with Crippen LogP contribution in [0.3, 0.4) is 0 Å². The number of rotatable bonds is 10. The summed E-state index contributed by atoms with van der Waals surface area (Å²) in [6, 6.07) is 40.6. The number of fused-ring (bicyclic) bond motifs is 2. The Hall–Kier alpha value is -2.81. The second-order valence-electron chi connectivity index (χ2n) is 12.2. The first-order valence-electron chi connectivity index (χ1n) is 17.2. The second-order valence-corrected chi connectivity index (χ2v) is 13.2. The topological polar surface area (TPSA) is 0 Å². The number of hydrogen-bond acceptors (Lipinski definition) is 0. The van der Waals surface area contributed by atoms with Crippen LogP contribution in [-0.2, 0) is 51.5 Å². The summed E-state index contributed by atoms with van der Waals surface area (Å²) in [5.74, 6) is 0. The van der Waals surface area contributed by atoms with Gasteiger partial charge in [0.05, 0.1) is 0 Å². The zero-order chi connectivity index (χ0) is 32.0. The molecular formula is C44H52HfSi-2. The fourth-order valence-electron chi connectivity index (χ4n) is 6.47. The van der Waals surface area contributed by atoms with Gasteiger partial charge in [-0.1, -0.05) is 138 Å². The second kappa shape index (κ2) is 19.8. The van der Waals surface area contributed by atoms with Gasteiger partial charge in [-0.25, -0.2) is 0 Å². The maximum atomic E-state index is 2.39. The molecule has 0 atom stereocenters. The minimum atomic E-state index is 0. The van der Waals surface area contributed by atoms with E-state index in [1.165, 1.54) is 105 Å². The standard InChI is InChI=1S/2C21H23.C2H6Si.Hf/c2*1-3-8-16-14-18-11-7-13-20(21(18)15-16)19-12-6-5-10-17(19)9-4-2;1-3-2;/h2*5-7,10-15H,3-4,8-9H2,1-2H3;1-2H3;/q2*-1;;. The predicted octanol–water partition coefficient (Wildman–Crippen LogP) is 13.0. The van der Waals surface area contributed by atoms with E-state index in [1.54, 1.807) is 0 Å². The van der Waals surface area contributed by atoms with Gasteiger partial charge in [-0.3, -0.25) is 0 Å². The summed E-state index contributed by atoms with van der Waals surface area (Å²) in [4.78, 5) is 0. The van der Waals surface area contributed by atoms with Crippen molar-refractivity contribution >= 4 is 31.1 Å². The third kappa shape index (κ3) is 9.61. The third-order valence-electron chi connectivity index (χ3n) is 8.35. The van der Waals surface area contributed by atoms with E-state index in [1.807, 2.05) is 0 Å². The van der Waals surface area contributed by atoms with Crippen LogP contribution in [-0.4, -0.2) is 9.52 Å². The molecule has 0 aromatic heterocycles. The average Bonchev–Trinajstić information content (AvgIpc) is 3.67. The van der Waals surface area contributed by atoms with Crippen molar-refractivity contribution < 1.29 is 25.8 Å². The van der Waals surface area contributed by atoms with Gasteiger partial charge in [0.2, 0.25) is 0 Å². The van der Waals surface area contributed by atoms with Crippen molar-refractivity contribution in [3.63, 3.8) is 0 Å². The zero-order valence-corrected chi connectivity index (χ0v) is 33.6. The molecule has 0 N–H and O–H groups in total. The van der Waals surface area contributed by atoms with Crippen molar-refractivity contribution in [2.45, 2.75) is 92.2 Å². The van der Waals surface area contributed by atoms with Gasteiger partial charge in [0, 0.05) is 35.4 Å². The molecule has 46 heavy (non-hydrogen) atoms. The normalized spacial score (nSPS) is 10.6. The molecule has 6 aromatic carbocycles. The van der Waals surface area contributed by atoms with Gasteiger partial charge in [-0.15, -0.1) is 69.1 Å². The monoisotopic (exact) mass is 788 g/mol. The van der Waals surface area contributed by atoms with Crippen LogP contribution in [0.1, 0.15) is 75.6 Å². The van der Waals surface area contributed by atoms with E-state index in [2.05, 4.69) is 150 Å². The molecule has 0 fully saturated rings. The number of aryl methyl sites for hydroxylation is 4. The van der Waals surface area contributed by atoms with Gasteiger partial charge in [0.15, 0.2) is 0 Å². The van der Waals surface area contributed by atoms with E-state index < -0.39 is 0 Å². The Balaban J connectivity index is 0.000000226.